The zero-order valence-electron chi connectivity index (χ0n) is 16.6. The Kier molecular flexibility index (Phi) is 6.81. The first-order chi connectivity index (χ1) is 15.1. The van der Waals surface area contributed by atoms with E-state index in [1.165, 1.54) is 11.3 Å². The summed E-state index contributed by atoms with van der Waals surface area (Å²) in [5.41, 5.74) is 3.40. The van der Waals surface area contributed by atoms with Crippen molar-refractivity contribution >= 4 is 46.9 Å². The predicted octanol–water partition coefficient (Wildman–Crippen LogP) is 6.22. The van der Waals surface area contributed by atoms with E-state index in [1.807, 2.05) is 78.9 Å². The van der Waals surface area contributed by atoms with Crippen molar-refractivity contribution in [3.05, 3.63) is 93.9 Å². The lowest BCUT2D eigenvalue weighted by atomic mass is 10.1. The van der Waals surface area contributed by atoms with E-state index in [2.05, 4.69) is 10.4 Å². The van der Waals surface area contributed by atoms with Gasteiger partial charge >= 0.3 is 0 Å². The zero-order chi connectivity index (χ0) is 21.6. The van der Waals surface area contributed by atoms with Gasteiger partial charge in [0.05, 0.1) is 12.8 Å². The van der Waals surface area contributed by atoms with Gasteiger partial charge in [0.25, 0.3) is 5.91 Å². The van der Waals surface area contributed by atoms with Crippen molar-refractivity contribution in [2.75, 3.05) is 12.4 Å². The maximum atomic E-state index is 12.5. The third kappa shape index (κ3) is 5.41. The molecule has 1 N–H and O–H groups in total. The third-order valence-electron chi connectivity index (χ3n) is 4.46. The number of ether oxygens (including phenoxy) is 1. The molecule has 0 aliphatic carbocycles. The van der Waals surface area contributed by atoms with E-state index in [0.717, 1.165) is 36.7 Å². The number of para-hydroxylation sites is 1. The van der Waals surface area contributed by atoms with Gasteiger partial charge in [0, 0.05) is 17.0 Å². The molecular formula is C23H19N3O2S3. The van der Waals surface area contributed by atoms with Crippen LogP contribution in [0.5, 0.6) is 5.75 Å². The van der Waals surface area contributed by atoms with Gasteiger partial charge in [-0.3, -0.25) is 4.79 Å². The average Bonchev–Trinajstić information content (AvgIpc) is 3.19. The molecule has 4 rings (SSSR count). The fourth-order valence-electron chi connectivity index (χ4n) is 2.83. The largest absolute Gasteiger partial charge is 0.497 e. The third-order valence-corrected chi connectivity index (χ3v) is 6.89. The van der Waals surface area contributed by atoms with Gasteiger partial charge in [0.1, 0.15) is 5.75 Å². The summed E-state index contributed by atoms with van der Waals surface area (Å²) in [7, 11) is 1.61. The molecule has 156 valence electrons. The molecule has 0 atom stereocenters. The Morgan fingerprint density at radius 2 is 1.77 bits per heavy atom. The summed E-state index contributed by atoms with van der Waals surface area (Å²) in [4.78, 5) is 12.5. The molecule has 4 aromatic rings. The molecule has 1 heterocycles. The Balaban J connectivity index is 1.36. The van der Waals surface area contributed by atoms with Gasteiger partial charge in [0.15, 0.2) is 8.29 Å². The van der Waals surface area contributed by atoms with E-state index < -0.39 is 0 Å². The Morgan fingerprint density at radius 3 is 2.45 bits per heavy atom. The quantitative estimate of drug-likeness (QED) is 0.259. The maximum Gasteiger partial charge on any atom is 0.255 e. The highest BCUT2D eigenvalue weighted by Crippen LogP contribution is 2.27. The van der Waals surface area contributed by atoms with Crippen molar-refractivity contribution in [1.29, 1.82) is 0 Å². The lowest BCUT2D eigenvalue weighted by Gasteiger charge is -2.07. The second-order valence-electron chi connectivity index (χ2n) is 6.55. The topological polar surface area (TPSA) is 56.1 Å². The van der Waals surface area contributed by atoms with Gasteiger partial charge in [-0.15, -0.1) is 5.10 Å². The number of rotatable bonds is 7. The monoisotopic (exact) mass is 465 g/mol. The molecule has 3 aromatic carbocycles. The molecule has 0 saturated carbocycles. The number of aromatic nitrogens is 2. The summed E-state index contributed by atoms with van der Waals surface area (Å²) in [5.74, 6) is 1.35. The second kappa shape index (κ2) is 9.91. The number of carbonyl (C=O) groups excluding carboxylic acids is 1. The van der Waals surface area contributed by atoms with Gasteiger partial charge in [-0.2, -0.15) is 0 Å². The van der Waals surface area contributed by atoms with Crippen molar-refractivity contribution in [3.8, 4) is 11.4 Å². The number of carbonyl (C=O) groups is 1. The number of hydrogen-bond donors (Lipinski definition) is 1. The summed E-state index contributed by atoms with van der Waals surface area (Å²) in [6.45, 7) is 0. The van der Waals surface area contributed by atoms with Crippen LogP contribution in [-0.2, 0) is 5.75 Å². The van der Waals surface area contributed by atoms with Crippen LogP contribution in [0.1, 0.15) is 15.9 Å². The lowest BCUT2D eigenvalue weighted by molar-refractivity contribution is 0.102. The highest BCUT2D eigenvalue weighted by molar-refractivity contribution is 8.00. The van der Waals surface area contributed by atoms with Crippen LogP contribution in [0.15, 0.2) is 83.2 Å². The van der Waals surface area contributed by atoms with Crippen molar-refractivity contribution < 1.29 is 9.53 Å². The normalized spacial score (nSPS) is 10.6. The molecule has 8 heteroatoms. The summed E-state index contributed by atoms with van der Waals surface area (Å²) in [6, 6.07) is 24.7. The van der Waals surface area contributed by atoms with Crippen LogP contribution < -0.4 is 10.1 Å². The molecule has 0 unspecified atom stereocenters. The number of thioether (sulfide) groups is 1. The Morgan fingerprint density at radius 1 is 1.06 bits per heavy atom. The van der Waals surface area contributed by atoms with Crippen LogP contribution in [0.3, 0.4) is 0 Å². The summed E-state index contributed by atoms with van der Waals surface area (Å²) in [5, 5.41) is 7.51. The van der Waals surface area contributed by atoms with Crippen molar-refractivity contribution in [1.82, 2.24) is 9.78 Å². The lowest BCUT2D eigenvalue weighted by Crippen LogP contribution is -2.11. The van der Waals surface area contributed by atoms with E-state index in [1.54, 1.807) is 23.6 Å². The van der Waals surface area contributed by atoms with Gasteiger partial charge in [0.2, 0.25) is 0 Å². The Labute approximate surface area is 193 Å². The minimum Gasteiger partial charge on any atom is -0.497 e. The fraction of sp³-hybridized carbons (Fsp3) is 0.0870. The predicted molar refractivity (Wildman–Crippen MR) is 129 cm³/mol. The molecule has 0 bridgehead atoms. The minimum absolute atomic E-state index is 0.149. The molecule has 0 fully saturated rings. The molecule has 5 nitrogen and oxygen atoms in total. The van der Waals surface area contributed by atoms with E-state index in [4.69, 9.17) is 17.0 Å². The van der Waals surface area contributed by atoms with Crippen molar-refractivity contribution in [2.45, 2.75) is 10.1 Å². The average molecular weight is 466 g/mol. The second-order valence-corrected chi connectivity index (χ2v) is 9.39. The first-order valence-electron chi connectivity index (χ1n) is 9.45. The van der Waals surface area contributed by atoms with Crippen molar-refractivity contribution in [2.24, 2.45) is 0 Å². The summed E-state index contributed by atoms with van der Waals surface area (Å²) < 4.78 is 8.55. The van der Waals surface area contributed by atoms with E-state index in [-0.39, 0.29) is 5.91 Å². The zero-order valence-corrected chi connectivity index (χ0v) is 19.1. The van der Waals surface area contributed by atoms with E-state index in [9.17, 15) is 4.79 Å². The van der Waals surface area contributed by atoms with Gasteiger partial charge < -0.3 is 10.1 Å². The van der Waals surface area contributed by atoms with Crippen LogP contribution in [0.2, 0.25) is 0 Å². The Bertz CT molecular complexity index is 1220. The first kappa shape index (κ1) is 21.3. The number of benzene rings is 3. The molecule has 31 heavy (non-hydrogen) atoms. The van der Waals surface area contributed by atoms with Crippen molar-refractivity contribution in [3.63, 3.8) is 0 Å². The molecule has 0 aliphatic heterocycles. The van der Waals surface area contributed by atoms with Gasteiger partial charge in [-0.25, -0.2) is 4.68 Å². The van der Waals surface area contributed by atoms with Crippen LogP contribution in [0.4, 0.5) is 5.69 Å². The number of methoxy groups -OCH3 is 1. The number of nitrogens with one attached hydrogen (secondary N) is 1. The minimum atomic E-state index is -0.149. The molecule has 1 aromatic heterocycles. The number of amides is 1. The number of nitrogens with zero attached hydrogens (tertiary/aromatic N) is 2. The number of anilines is 1. The summed E-state index contributed by atoms with van der Waals surface area (Å²) >= 11 is 8.58. The van der Waals surface area contributed by atoms with Crippen LogP contribution in [0.25, 0.3) is 5.69 Å². The molecule has 0 spiro atoms. The van der Waals surface area contributed by atoms with Gasteiger partial charge in [-0.05, 0) is 66.3 Å². The fourth-order valence-corrected chi connectivity index (χ4v) is 5.14. The van der Waals surface area contributed by atoms with E-state index in [0.29, 0.717) is 5.56 Å². The molecular weight excluding hydrogens is 446 g/mol. The standard InChI is InChI=1S/C23H19N3O2S3/c1-28-20-13-11-18(12-14-20)24-21(27)17-9-7-16(8-10-17)15-30-22-25-26(23(29)31-22)19-5-3-2-4-6-19/h2-14H,15H2,1H3,(H,24,27). The Hall–Kier alpha value is -2.94. The smallest absolute Gasteiger partial charge is 0.255 e. The van der Waals surface area contributed by atoms with Crippen LogP contribution in [-0.4, -0.2) is 22.8 Å². The SMILES string of the molecule is COc1ccc(NC(=O)c2ccc(CSc3nn(-c4ccccc4)c(=S)s3)cc2)cc1. The van der Waals surface area contributed by atoms with E-state index >= 15 is 0 Å². The molecule has 0 radical (unpaired) electrons. The molecule has 1 amide bonds. The van der Waals surface area contributed by atoms with Crippen LogP contribution in [0, 0.1) is 3.95 Å². The molecule has 0 aliphatic rings. The summed E-state index contributed by atoms with van der Waals surface area (Å²) in [6.07, 6.45) is 0. The maximum absolute atomic E-state index is 12.5. The number of hydrogen-bond acceptors (Lipinski definition) is 6. The molecule has 0 saturated heterocycles. The highest BCUT2D eigenvalue weighted by Gasteiger charge is 2.09. The highest BCUT2D eigenvalue weighted by atomic mass is 32.2. The van der Waals surface area contributed by atoms with Crippen LogP contribution >= 0.6 is 35.3 Å². The van der Waals surface area contributed by atoms with Gasteiger partial charge in [-0.1, -0.05) is 53.4 Å². The first-order valence-corrected chi connectivity index (χ1v) is 11.7.